The van der Waals surface area contributed by atoms with Gasteiger partial charge in [-0.2, -0.15) is 0 Å². The van der Waals surface area contributed by atoms with Crippen molar-refractivity contribution in [1.29, 1.82) is 0 Å². The van der Waals surface area contributed by atoms with E-state index in [1.165, 1.54) is 0 Å². The average molecular weight is 172 g/mol. The molecule has 4 heteroatoms. The summed E-state index contributed by atoms with van der Waals surface area (Å²) >= 11 is 0. The molecule has 2 atom stereocenters. The van der Waals surface area contributed by atoms with Crippen LogP contribution >= 0.6 is 0 Å². The van der Waals surface area contributed by atoms with Crippen LogP contribution in [0.5, 0.6) is 0 Å². The van der Waals surface area contributed by atoms with Crippen LogP contribution in [0.25, 0.3) is 0 Å². The second kappa shape index (κ2) is 3.67. The zero-order valence-electron chi connectivity index (χ0n) is 7.20. The number of esters is 2. The number of hydrogen-bond acceptors (Lipinski definition) is 4. The molecule has 68 valence electrons. The molecule has 0 saturated carbocycles. The summed E-state index contributed by atoms with van der Waals surface area (Å²) in [5, 5.41) is 0. The molecular weight excluding hydrogens is 160 g/mol. The van der Waals surface area contributed by atoms with Gasteiger partial charge in [-0.1, -0.05) is 6.92 Å². The van der Waals surface area contributed by atoms with Crippen LogP contribution in [0.2, 0.25) is 0 Å². The van der Waals surface area contributed by atoms with E-state index in [-0.39, 0.29) is 12.3 Å². The van der Waals surface area contributed by atoms with Crippen molar-refractivity contribution >= 4 is 11.9 Å². The van der Waals surface area contributed by atoms with Crippen molar-refractivity contribution in [3.05, 3.63) is 0 Å². The van der Waals surface area contributed by atoms with Gasteiger partial charge in [-0.3, -0.25) is 9.59 Å². The predicted molar refractivity (Wildman–Crippen MR) is 40.3 cm³/mol. The third kappa shape index (κ3) is 3.00. The number of epoxide rings is 1. The van der Waals surface area contributed by atoms with Gasteiger partial charge in [0.15, 0.2) is 0 Å². The van der Waals surface area contributed by atoms with Crippen molar-refractivity contribution in [3.8, 4) is 0 Å². The lowest BCUT2D eigenvalue weighted by atomic mass is 10.1. The Morgan fingerprint density at radius 2 is 1.83 bits per heavy atom. The molecule has 2 aliphatic rings. The number of carbonyl (C=O) groups excluding carboxylic acids is 2. The van der Waals surface area contributed by atoms with Crippen molar-refractivity contribution in [1.82, 2.24) is 0 Å². The van der Waals surface area contributed by atoms with E-state index < -0.39 is 11.9 Å². The third-order valence-corrected chi connectivity index (χ3v) is 1.59. The summed E-state index contributed by atoms with van der Waals surface area (Å²) in [6, 6.07) is 0. The maximum Gasteiger partial charge on any atom is 0.316 e. The Morgan fingerprint density at radius 1 is 1.33 bits per heavy atom. The molecule has 12 heavy (non-hydrogen) atoms. The minimum Gasteiger partial charge on any atom is -0.393 e. The number of hydrogen-bond donors (Lipinski definition) is 0. The molecule has 2 rings (SSSR count). The molecule has 0 aliphatic carbocycles. The molecule has 0 aromatic rings. The van der Waals surface area contributed by atoms with E-state index in [4.69, 9.17) is 4.74 Å². The molecule has 2 saturated heterocycles. The summed E-state index contributed by atoms with van der Waals surface area (Å²) < 4.78 is 8.90. The molecule has 0 radical (unpaired) electrons. The van der Waals surface area contributed by atoms with E-state index in [9.17, 15) is 9.59 Å². The van der Waals surface area contributed by atoms with Crippen molar-refractivity contribution in [2.24, 2.45) is 5.92 Å². The number of ether oxygens (including phenoxy) is 2. The monoisotopic (exact) mass is 172 g/mol. The second-order valence-corrected chi connectivity index (χ2v) is 3.04. The second-order valence-electron chi connectivity index (χ2n) is 3.04. The molecule has 0 spiro atoms. The fourth-order valence-electron chi connectivity index (χ4n) is 0.684. The highest BCUT2D eigenvalue weighted by molar-refractivity contribution is 5.94. The highest BCUT2D eigenvalue weighted by atomic mass is 16.6. The fraction of sp³-hybridized carbons (Fsp3) is 0.750. The van der Waals surface area contributed by atoms with Gasteiger partial charge in [0.25, 0.3) is 0 Å². The first-order valence-corrected chi connectivity index (χ1v) is 3.95. The predicted octanol–water partition coefficient (Wildman–Crippen LogP) is 0.501. The molecule has 2 fully saturated rings. The van der Waals surface area contributed by atoms with Gasteiger partial charge in [-0.15, -0.1) is 0 Å². The van der Waals surface area contributed by atoms with E-state index in [1.54, 1.807) is 6.92 Å². The van der Waals surface area contributed by atoms with Gasteiger partial charge in [0.1, 0.15) is 0 Å². The average Bonchev–Trinajstić information content (AvgIpc) is 2.66. The fourth-order valence-corrected chi connectivity index (χ4v) is 0.684. The van der Waals surface area contributed by atoms with Gasteiger partial charge < -0.3 is 9.47 Å². The molecule has 4 nitrogen and oxygen atoms in total. The summed E-state index contributed by atoms with van der Waals surface area (Å²) in [5.41, 5.74) is 0. The summed E-state index contributed by atoms with van der Waals surface area (Å²) in [4.78, 5) is 20.6. The molecule has 0 aromatic heterocycles. The van der Waals surface area contributed by atoms with E-state index >= 15 is 0 Å². The Labute approximate surface area is 70.8 Å². The van der Waals surface area contributed by atoms with Gasteiger partial charge in [0.2, 0.25) is 0 Å². The van der Waals surface area contributed by atoms with Gasteiger partial charge >= 0.3 is 11.9 Å². The number of carbonyl (C=O) groups is 2. The number of rotatable bonds is 0. The van der Waals surface area contributed by atoms with E-state index in [2.05, 4.69) is 11.7 Å². The molecule has 0 N–H and O–H groups in total. The van der Waals surface area contributed by atoms with Gasteiger partial charge in [0, 0.05) is 0 Å². The van der Waals surface area contributed by atoms with Crippen LogP contribution in [0.1, 0.15) is 20.3 Å². The zero-order chi connectivity index (χ0) is 9.14. The first-order valence-electron chi connectivity index (χ1n) is 3.95. The maximum absolute atomic E-state index is 10.3. The highest BCUT2D eigenvalue weighted by Crippen LogP contribution is 2.13. The minimum atomic E-state index is -0.400. The van der Waals surface area contributed by atoms with Gasteiger partial charge in [-0.05, 0) is 6.92 Å². The summed E-state index contributed by atoms with van der Waals surface area (Å²) in [6.45, 7) is 4.72. The zero-order valence-corrected chi connectivity index (χ0v) is 7.20. The minimum absolute atomic E-state index is 0.220. The summed E-state index contributed by atoms with van der Waals surface area (Å²) in [5.74, 6) is -1.01. The standard InChI is InChI=1S/C5H6O3.C3H6O/c1-3-2-4(6)8-5(3)7;1-3-2-4-3/h3H,2H2,1H3;3H,2H2,1H3. The molecule has 2 heterocycles. The van der Waals surface area contributed by atoms with Gasteiger partial charge in [0.05, 0.1) is 25.0 Å². The van der Waals surface area contributed by atoms with E-state index in [1.807, 2.05) is 0 Å². The van der Waals surface area contributed by atoms with Crippen molar-refractivity contribution in [2.75, 3.05) is 6.61 Å². The number of cyclic esters (lactones) is 2. The Kier molecular flexibility index (Phi) is 2.81. The largest absolute Gasteiger partial charge is 0.393 e. The molecule has 2 aliphatic heterocycles. The lowest BCUT2D eigenvalue weighted by Crippen LogP contribution is -2.01. The molecule has 2 unspecified atom stereocenters. The van der Waals surface area contributed by atoms with Crippen LogP contribution in [0.4, 0.5) is 0 Å². The molecular formula is C8H12O4. The Balaban J connectivity index is 0.000000150. The first-order chi connectivity index (χ1) is 5.59. The van der Waals surface area contributed by atoms with Crippen molar-refractivity contribution < 1.29 is 19.1 Å². The quantitative estimate of drug-likeness (QED) is 0.303. The Hall–Kier alpha value is -0.900. The lowest BCUT2D eigenvalue weighted by molar-refractivity contribution is -0.152. The van der Waals surface area contributed by atoms with Crippen LogP contribution < -0.4 is 0 Å². The van der Waals surface area contributed by atoms with Crippen LogP contribution in [0.3, 0.4) is 0 Å². The van der Waals surface area contributed by atoms with Crippen molar-refractivity contribution in [2.45, 2.75) is 26.4 Å². The van der Waals surface area contributed by atoms with E-state index in [0.717, 1.165) is 6.61 Å². The first kappa shape index (κ1) is 9.19. The molecule has 0 aromatic carbocycles. The highest BCUT2D eigenvalue weighted by Gasteiger charge is 2.28. The summed E-state index contributed by atoms with van der Waals surface area (Å²) in [6.07, 6.45) is 0.832. The lowest BCUT2D eigenvalue weighted by Gasteiger charge is -1.86. The van der Waals surface area contributed by atoms with Crippen LogP contribution in [0.15, 0.2) is 0 Å². The maximum atomic E-state index is 10.3. The van der Waals surface area contributed by atoms with Crippen LogP contribution in [-0.4, -0.2) is 24.6 Å². The smallest absolute Gasteiger partial charge is 0.316 e. The van der Waals surface area contributed by atoms with Crippen LogP contribution in [-0.2, 0) is 19.1 Å². The Morgan fingerprint density at radius 3 is 1.92 bits per heavy atom. The summed E-state index contributed by atoms with van der Waals surface area (Å²) in [7, 11) is 0. The third-order valence-electron chi connectivity index (χ3n) is 1.59. The molecule has 0 bridgehead atoms. The normalized spacial score (nSPS) is 32.2. The van der Waals surface area contributed by atoms with Crippen LogP contribution in [0, 0.1) is 5.92 Å². The van der Waals surface area contributed by atoms with E-state index in [0.29, 0.717) is 6.10 Å². The SMILES string of the molecule is CC1CC(=O)OC1=O.CC1CO1. The van der Waals surface area contributed by atoms with Crippen molar-refractivity contribution in [3.63, 3.8) is 0 Å². The molecule has 0 amide bonds. The van der Waals surface area contributed by atoms with Gasteiger partial charge in [-0.25, -0.2) is 0 Å². The topological polar surface area (TPSA) is 55.9 Å². The Bertz CT molecular complexity index is 195.